The van der Waals surface area contributed by atoms with Crippen molar-refractivity contribution in [2.45, 2.75) is 38.5 Å². The van der Waals surface area contributed by atoms with Crippen LogP contribution >= 0.6 is 0 Å². The van der Waals surface area contributed by atoms with Crippen molar-refractivity contribution in [1.82, 2.24) is 15.6 Å². The molecule has 2 heterocycles. The molecule has 0 radical (unpaired) electrons. The Morgan fingerprint density at radius 1 is 1.29 bits per heavy atom. The molecule has 126 valence electrons. The van der Waals surface area contributed by atoms with Crippen LogP contribution in [0.4, 0.5) is 4.79 Å². The molecule has 3 rings (SSSR count). The van der Waals surface area contributed by atoms with Crippen LogP contribution in [0.5, 0.6) is 0 Å². The number of amides is 2. The standard InChI is InChI=1S/C19H23N3O2/c1-14-6-8-16(9-7-14)18-17(5-3-11-24-18)22-19(23)21-13-15-4-2-10-20-12-15/h2,4,6-10,12,17-18H,3,5,11,13H2,1H3,(H2,21,22,23)/t17-,18+/m0/s1. The lowest BCUT2D eigenvalue weighted by molar-refractivity contribution is -0.00743. The van der Waals surface area contributed by atoms with Crippen LogP contribution in [-0.4, -0.2) is 23.7 Å². The van der Waals surface area contributed by atoms with Gasteiger partial charge < -0.3 is 15.4 Å². The van der Waals surface area contributed by atoms with Crippen molar-refractivity contribution in [1.29, 1.82) is 0 Å². The van der Waals surface area contributed by atoms with Gasteiger partial charge in [0.25, 0.3) is 0 Å². The van der Waals surface area contributed by atoms with E-state index in [1.807, 2.05) is 12.1 Å². The van der Waals surface area contributed by atoms with Gasteiger partial charge in [-0.05, 0) is 37.0 Å². The molecule has 2 amide bonds. The SMILES string of the molecule is Cc1ccc([C@H]2OCCC[C@@H]2NC(=O)NCc2cccnc2)cc1. The second-order valence-corrected chi connectivity index (χ2v) is 6.14. The number of hydrogen-bond donors (Lipinski definition) is 2. The molecule has 1 saturated heterocycles. The van der Waals surface area contributed by atoms with Crippen molar-refractivity contribution in [2.24, 2.45) is 0 Å². The molecule has 2 atom stereocenters. The predicted octanol–water partition coefficient (Wildman–Crippen LogP) is 3.11. The van der Waals surface area contributed by atoms with E-state index in [4.69, 9.17) is 4.74 Å². The van der Waals surface area contributed by atoms with Gasteiger partial charge in [0.05, 0.1) is 6.04 Å². The molecular weight excluding hydrogens is 302 g/mol. The zero-order chi connectivity index (χ0) is 16.8. The molecule has 2 N–H and O–H groups in total. The Labute approximate surface area is 142 Å². The molecular formula is C19H23N3O2. The van der Waals surface area contributed by atoms with Crippen molar-refractivity contribution >= 4 is 6.03 Å². The highest BCUT2D eigenvalue weighted by atomic mass is 16.5. The number of pyridine rings is 1. The molecule has 0 saturated carbocycles. The van der Waals surface area contributed by atoms with Crippen LogP contribution in [0.15, 0.2) is 48.8 Å². The summed E-state index contributed by atoms with van der Waals surface area (Å²) in [4.78, 5) is 16.3. The average Bonchev–Trinajstić information content (AvgIpc) is 2.62. The minimum Gasteiger partial charge on any atom is -0.371 e. The number of carbonyl (C=O) groups excluding carboxylic acids is 1. The largest absolute Gasteiger partial charge is 0.371 e. The van der Waals surface area contributed by atoms with Crippen LogP contribution < -0.4 is 10.6 Å². The Balaban J connectivity index is 1.59. The summed E-state index contributed by atoms with van der Waals surface area (Å²) in [5, 5.41) is 5.94. The van der Waals surface area contributed by atoms with Crippen LogP contribution in [0.3, 0.4) is 0 Å². The van der Waals surface area contributed by atoms with Gasteiger partial charge in [-0.3, -0.25) is 4.98 Å². The van der Waals surface area contributed by atoms with Crippen LogP contribution in [-0.2, 0) is 11.3 Å². The number of aryl methyl sites for hydroxylation is 1. The highest BCUT2D eigenvalue weighted by Crippen LogP contribution is 2.28. The zero-order valence-corrected chi connectivity index (χ0v) is 13.9. The van der Waals surface area contributed by atoms with E-state index in [1.54, 1.807) is 12.4 Å². The number of urea groups is 1. The third-order valence-electron chi connectivity index (χ3n) is 4.22. The zero-order valence-electron chi connectivity index (χ0n) is 13.9. The lowest BCUT2D eigenvalue weighted by Gasteiger charge is -2.32. The molecule has 1 fully saturated rings. The Morgan fingerprint density at radius 2 is 2.12 bits per heavy atom. The fourth-order valence-electron chi connectivity index (χ4n) is 2.92. The lowest BCUT2D eigenvalue weighted by atomic mass is 9.95. The topological polar surface area (TPSA) is 63.2 Å². The second kappa shape index (κ2) is 7.93. The summed E-state index contributed by atoms with van der Waals surface area (Å²) in [5.74, 6) is 0. The molecule has 5 nitrogen and oxygen atoms in total. The first kappa shape index (κ1) is 16.5. The van der Waals surface area contributed by atoms with E-state index in [-0.39, 0.29) is 18.2 Å². The summed E-state index contributed by atoms with van der Waals surface area (Å²) in [5.41, 5.74) is 3.30. The normalized spacial score (nSPS) is 20.4. The molecule has 1 aromatic carbocycles. The second-order valence-electron chi connectivity index (χ2n) is 6.14. The van der Waals surface area contributed by atoms with Gasteiger partial charge >= 0.3 is 6.03 Å². The Kier molecular flexibility index (Phi) is 5.43. The van der Waals surface area contributed by atoms with Gasteiger partial charge in [-0.15, -0.1) is 0 Å². The van der Waals surface area contributed by atoms with Crippen LogP contribution in [0.1, 0.15) is 35.6 Å². The number of ether oxygens (including phenoxy) is 1. The molecule has 5 heteroatoms. The number of rotatable bonds is 4. The van der Waals surface area contributed by atoms with Gasteiger partial charge in [-0.2, -0.15) is 0 Å². The first-order valence-corrected chi connectivity index (χ1v) is 8.34. The molecule has 2 aromatic rings. The maximum atomic E-state index is 12.2. The lowest BCUT2D eigenvalue weighted by Crippen LogP contribution is -2.46. The van der Waals surface area contributed by atoms with Gasteiger partial charge in [-0.1, -0.05) is 35.9 Å². The van der Waals surface area contributed by atoms with Crippen molar-refractivity contribution in [3.05, 3.63) is 65.5 Å². The van der Waals surface area contributed by atoms with E-state index in [1.165, 1.54) is 5.56 Å². The monoisotopic (exact) mass is 325 g/mol. The van der Waals surface area contributed by atoms with E-state index in [0.29, 0.717) is 6.54 Å². The van der Waals surface area contributed by atoms with Gasteiger partial charge in [0.1, 0.15) is 6.10 Å². The molecule has 1 aromatic heterocycles. The Bertz CT molecular complexity index is 658. The molecule has 1 aliphatic heterocycles. The maximum Gasteiger partial charge on any atom is 0.315 e. The third-order valence-corrected chi connectivity index (χ3v) is 4.22. The average molecular weight is 325 g/mol. The van der Waals surface area contributed by atoms with Crippen molar-refractivity contribution in [3.8, 4) is 0 Å². The highest BCUT2D eigenvalue weighted by Gasteiger charge is 2.28. The summed E-state index contributed by atoms with van der Waals surface area (Å²) in [6.45, 7) is 3.25. The molecule has 0 spiro atoms. The van der Waals surface area contributed by atoms with Crippen LogP contribution in [0.2, 0.25) is 0 Å². The summed E-state index contributed by atoms with van der Waals surface area (Å²) in [6, 6.07) is 11.9. The molecule has 1 aliphatic rings. The summed E-state index contributed by atoms with van der Waals surface area (Å²) >= 11 is 0. The number of nitrogens with zero attached hydrogens (tertiary/aromatic N) is 1. The number of benzene rings is 1. The smallest absolute Gasteiger partial charge is 0.315 e. The fraction of sp³-hybridized carbons (Fsp3) is 0.368. The van der Waals surface area contributed by atoms with Gasteiger partial charge in [0.15, 0.2) is 0 Å². The third kappa shape index (κ3) is 4.32. The fourth-order valence-corrected chi connectivity index (χ4v) is 2.92. The van der Waals surface area contributed by atoms with E-state index in [9.17, 15) is 4.79 Å². The highest BCUT2D eigenvalue weighted by molar-refractivity contribution is 5.74. The van der Waals surface area contributed by atoms with Crippen LogP contribution in [0.25, 0.3) is 0 Å². The minimum absolute atomic E-state index is 0.0182. The van der Waals surface area contributed by atoms with E-state index in [0.717, 1.165) is 30.6 Å². The van der Waals surface area contributed by atoms with Crippen molar-refractivity contribution in [2.75, 3.05) is 6.61 Å². The van der Waals surface area contributed by atoms with Gasteiger partial charge in [0, 0.05) is 25.5 Å². The number of carbonyl (C=O) groups is 1. The van der Waals surface area contributed by atoms with E-state index in [2.05, 4.69) is 46.8 Å². The first-order valence-electron chi connectivity index (χ1n) is 8.34. The molecule has 0 aliphatic carbocycles. The van der Waals surface area contributed by atoms with Gasteiger partial charge in [-0.25, -0.2) is 4.79 Å². The summed E-state index contributed by atoms with van der Waals surface area (Å²) in [6.07, 6.45) is 5.24. The Morgan fingerprint density at radius 3 is 2.88 bits per heavy atom. The summed E-state index contributed by atoms with van der Waals surface area (Å²) in [7, 11) is 0. The first-order chi connectivity index (χ1) is 11.7. The van der Waals surface area contributed by atoms with Crippen molar-refractivity contribution < 1.29 is 9.53 Å². The van der Waals surface area contributed by atoms with Crippen LogP contribution in [0, 0.1) is 6.92 Å². The predicted molar refractivity (Wildman–Crippen MR) is 92.5 cm³/mol. The minimum atomic E-state index is -0.175. The number of aromatic nitrogens is 1. The van der Waals surface area contributed by atoms with Gasteiger partial charge in [0.2, 0.25) is 0 Å². The van der Waals surface area contributed by atoms with E-state index < -0.39 is 0 Å². The quantitative estimate of drug-likeness (QED) is 0.908. The Hall–Kier alpha value is -2.40. The summed E-state index contributed by atoms with van der Waals surface area (Å²) < 4.78 is 5.93. The number of hydrogen-bond acceptors (Lipinski definition) is 3. The van der Waals surface area contributed by atoms with Crippen molar-refractivity contribution in [3.63, 3.8) is 0 Å². The molecule has 0 bridgehead atoms. The molecule has 24 heavy (non-hydrogen) atoms. The van der Waals surface area contributed by atoms with E-state index >= 15 is 0 Å². The molecule has 0 unspecified atom stereocenters. The maximum absolute atomic E-state index is 12.2. The number of nitrogens with one attached hydrogen (secondary N) is 2.